The van der Waals surface area contributed by atoms with Crippen molar-refractivity contribution in [3.05, 3.63) is 21.9 Å². The Morgan fingerprint density at radius 2 is 2.12 bits per heavy atom. The summed E-state index contributed by atoms with van der Waals surface area (Å²) >= 11 is 1.63. The summed E-state index contributed by atoms with van der Waals surface area (Å²) in [5, 5.41) is 8.60. The Labute approximate surface area is 108 Å². The van der Waals surface area contributed by atoms with Gasteiger partial charge in [0.1, 0.15) is 6.61 Å². The molecule has 0 unspecified atom stereocenters. The Hall–Kier alpha value is -0.820. The van der Waals surface area contributed by atoms with Crippen molar-refractivity contribution in [2.75, 3.05) is 13.2 Å². The van der Waals surface area contributed by atoms with Crippen molar-refractivity contribution in [3.63, 3.8) is 0 Å². The summed E-state index contributed by atoms with van der Waals surface area (Å²) in [6.07, 6.45) is 2.35. The van der Waals surface area contributed by atoms with E-state index in [1.54, 1.807) is 11.3 Å². The fourth-order valence-corrected chi connectivity index (χ4v) is 2.32. The first-order valence-electron chi connectivity index (χ1n) is 6.06. The van der Waals surface area contributed by atoms with E-state index in [0.717, 1.165) is 11.5 Å². The van der Waals surface area contributed by atoms with Crippen LogP contribution in [0.1, 0.15) is 36.4 Å². The standard InChI is InChI=1S/C14H20O2S/c1-3-12(4-2)10-16-11-14-8-7-13(17-14)6-5-9-15/h7-8,12,15H,3-4,9-11H2,1-2H3. The quantitative estimate of drug-likeness (QED) is 0.789. The number of rotatable bonds is 6. The highest BCUT2D eigenvalue weighted by Gasteiger charge is 2.04. The minimum absolute atomic E-state index is 0.0849. The predicted octanol–water partition coefficient (Wildman–Crippen LogP) is 3.04. The van der Waals surface area contributed by atoms with Crippen LogP contribution >= 0.6 is 11.3 Å². The van der Waals surface area contributed by atoms with E-state index in [2.05, 4.69) is 25.7 Å². The van der Waals surface area contributed by atoms with E-state index in [0.29, 0.717) is 12.5 Å². The first-order chi connectivity index (χ1) is 8.30. The number of hydrogen-bond donors (Lipinski definition) is 1. The molecule has 0 amide bonds. The number of thiophene rings is 1. The van der Waals surface area contributed by atoms with Crippen LogP contribution in [0.4, 0.5) is 0 Å². The molecule has 0 saturated carbocycles. The van der Waals surface area contributed by atoms with Gasteiger partial charge < -0.3 is 9.84 Å². The summed E-state index contributed by atoms with van der Waals surface area (Å²) in [4.78, 5) is 2.18. The highest BCUT2D eigenvalue weighted by molar-refractivity contribution is 7.12. The van der Waals surface area contributed by atoms with Gasteiger partial charge in [-0.05, 0) is 18.1 Å². The van der Waals surface area contributed by atoms with Crippen LogP contribution < -0.4 is 0 Å². The van der Waals surface area contributed by atoms with Gasteiger partial charge in [0.05, 0.1) is 11.5 Å². The molecule has 0 atom stereocenters. The van der Waals surface area contributed by atoms with Gasteiger partial charge in [0.2, 0.25) is 0 Å². The minimum atomic E-state index is -0.0849. The minimum Gasteiger partial charge on any atom is -0.384 e. The van der Waals surface area contributed by atoms with Crippen LogP contribution in [-0.4, -0.2) is 18.3 Å². The SMILES string of the molecule is CCC(CC)COCc1ccc(C#CCO)s1. The monoisotopic (exact) mass is 252 g/mol. The first-order valence-corrected chi connectivity index (χ1v) is 6.88. The Kier molecular flexibility index (Phi) is 6.95. The summed E-state index contributed by atoms with van der Waals surface area (Å²) in [5.74, 6) is 6.21. The van der Waals surface area contributed by atoms with E-state index < -0.39 is 0 Å². The summed E-state index contributed by atoms with van der Waals surface area (Å²) in [6, 6.07) is 4.02. The van der Waals surface area contributed by atoms with Crippen molar-refractivity contribution < 1.29 is 9.84 Å². The van der Waals surface area contributed by atoms with Crippen LogP contribution in [0, 0.1) is 17.8 Å². The number of aliphatic hydroxyl groups excluding tert-OH is 1. The maximum Gasteiger partial charge on any atom is 0.104 e. The average Bonchev–Trinajstić information content (AvgIpc) is 2.80. The Morgan fingerprint density at radius 1 is 1.35 bits per heavy atom. The Bertz CT molecular complexity index is 369. The van der Waals surface area contributed by atoms with Crippen LogP contribution in [0.2, 0.25) is 0 Å². The van der Waals surface area contributed by atoms with Gasteiger partial charge in [-0.15, -0.1) is 11.3 Å². The smallest absolute Gasteiger partial charge is 0.104 e. The van der Waals surface area contributed by atoms with Crippen molar-refractivity contribution in [1.82, 2.24) is 0 Å². The molecule has 0 saturated heterocycles. The van der Waals surface area contributed by atoms with Gasteiger partial charge >= 0.3 is 0 Å². The van der Waals surface area contributed by atoms with E-state index in [-0.39, 0.29) is 6.61 Å². The number of ether oxygens (including phenoxy) is 1. The van der Waals surface area contributed by atoms with E-state index in [1.807, 2.05) is 12.1 Å². The summed E-state index contributed by atoms with van der Waals surface area (Å²) in [5.41, 5.74) is 0. The third kappa shape index (κ3) is 5.36. The van der Waals surface area contributed by atoms with Gasteiger partial charge in [-0.2, -0.15) is 0 Å². The average molecular weight is 252 g/mol. The molecule has 0 aromatic carbocycles. The molecule has 0 spiro atoms. The molecule has 1 aromatic heterocycles. The van der Waals surface area contributed by atoms with Gasteiger partial charge in [-0.25, -0.2) is 0 Å². The largest absolute Gasteiger partial charge is 0.384 e. The van der Waals surface area contributed by atoms with Crippen LogP contribution in [0.3, 0.4) is 0 Å². The lowest BCUT2D eigenvalue weighted by atomic mass is 10.1. The second-order valence-electron chi connectivity index (χ2n) is 3.92. The third-order valence-corrected chi connectivity index (χ3v) is 3.68. The van der Waals surface area contributed by atoms with E-state index in [9.17, 15) is 0 Å². The zero-order chi connectivity index (χ0) is 12.5. The molecule has 0 aliphatic heterocycles. The second-order valence-corrected chi connectivity index (χ2v) is 5.09. The molecular weight excluding hydrogens is 232 g/mol. The molecule has 0 aliphatic carbocycles. The lowest BCUT2D eigenvalue weighted by Gasteiger charge is -2.11. The second kappa shape index (κ2) is 8.30. The molecule has 0 radical (unpaired) electrons. The summed E-state index contributed by atoms with van der Waals surface area (Å²) < 4.78 is 5.69. The normalized spacial score (nSPS) is 10.4. The molecular formula is C14H20O2S. The first kappa shape index (κ1) is 14.2. The highest BCUT2D eigenvalue weighted by Crippen LogP contribution is 2.17. The lowest BCUT2D eigenvalue weighted by Crippen LogP contribution is -2.06. The molecule has 0 aliphatic rings. The molecule has 1 aromatic rings. The van der Waals surface area contributed by atoms with Crippen molar-refractivity contribution in [1.29, 1.82) is 0 Å². The van der Waals surface area contributed by atoms with Gasteiger partial charge in [0, 0.05) is 11.5 Å². The molecule has 1 N–H and O–H groups in total. The molecule has 0 bridgehead atoms. The molecule has 17 heavy (non-hydrogen) atoms. The molecule has 1 heterocycles. The molecule has 1 rings (SSSR count). The van der Waals surface area contributed by atoms with Crippen LogP contribution in [0.25, 0.3) is 0 Å². The van der Waals surface area contributed by atoms with E-state index in [1.165, 1.54) is 17.7 Å². The Morgan fingerprint density at radius 3 is 2.76 bits per heavy atom. The zero-order valence-electron chi connectivity index (χ0n) is 10.5. The molecule has 2 nitrogen and oxygen atoms in total. The van der Waals surface area contributed by atoms with Crippen LogP contribution in [0.5, 0.6) is 0 Å². The van der Waals surface area contributed by atoms with E-state index >= 15 is 0 Å². The third-order valence-electron chi connectivity index (χ3n) is 2.70. The fourth-order valence-electron chi connectivity index (χ4n) is 1.50. The van der Waals surface area contributed by atoms with Crippen molar-refractivity contribution in [2.45, 2.75) is 33.3 Å². The summed E-state index contributed by atoms with van der Waals surface area (Å²) in [6.45, 7) is 5.82. The van der Waals surface area contributed by atoms with Crippen LogP contribution in [0.15, 0.2) is 12.1 Å². The van der Waals surface area contributed by atoms with E-state index in [4.69, 9.17) is 9.84 Å². The molecule has 3 heteroatoms. The highest BCUT2D eigenvalue weighted by atomic mass is 32.1. The number of hydrogen-bond acceptors (Lipinski definition) is 3. The van der Waals surface area contributed by atoms with Crippen molar-refractivity contribution in [3.8, 4) is 11.8 Å². The predicted molar refractivity (Wildman–Crippen MR) is 72.0 cm³/mol. The van der Waals surface area contributed by atoms with Gasteiger partial charge in [-0.1, -0.05) is 38.5 Å². The molecule has 94 valence electrons. The topological polar surface area (TPSA) is 29.5 Å². The fraction of sp³-hybridized carbons (Fsp3) is 0.571. The summed E-state index contributed by atoms with van der Waals surface area (Å²) in [7, 11) is 0. The van der Waals surface area contributed by atoms with Crippen molar-refractivity contribution >= 4 is 11.3 Å². The number of aliphatic hydroxyl groups is 1. The van der Waals surface area contributed by atoms with Gasteiger partial charge in [-0.3, -0.25) is 0 Å². The maximum atomic E-state index is 8.60. The maximum absolute atomic E-state index is 8.60. The van der Waals surface area contributed by atoms with Gasteiger partial charge in [0.25, 0.3) is 0 Å². The lowest BCUT2D eigenvalue weighted by molar-refractivity contribution is 0.0860. The van der Waals surface area contributed by atoms with Crippen molar-refractivity contribution in [2.24, 2.45) is 5.92 Å². The van der Waals surface area contributed by atoms with Gasteiger partial charge in [0.15, 0.2) is 0 Å². The van der Waals surface area contributed by atoms with Crippen LogP contribution in [-0.2, 0) is 11.3 Å². The molecule has 0 fully saturated rings. The zero-order valence-corrected chi connectivity index (χ0v) is 11.3. The Balaban J connectivity index is 2.34.